The van der Waals surface area contributed by atoms with E-state index in [1.165, 1.54) is 20.1 Å². The van der Waals surface area contributed by atoms with E-state index >= 15 is 0 Å². The Kier molecular flexibility index (Phi) is 6.46. The van der Waals surface area contributed by atoms with Crippen molar-refractivity contribution in [2.24, 2.45) is 0 Å². The Hall–Kier alpha value is -2.30. The van der Waals surface area contributed by atoms with E-state index in [9.17, 15) is 9.59 Å². The van der Waals surface area contributed by atoms with E-state index < -0.39 is 5.97 Å². The Morgan fingerprint density at radius 3 is 2.57 bits per heavy atom. The number of hydrogen-bond acceptors (Lipinski definition) is 5. The molecule has 0 amide bonds. The van der Waals surface area contributed by atoms with Crippen LogP contribution in [0.2, 0.25) is 0 Å². The number of benzene rings is 1. The minimum atomic E-state index is -0.463. The van der Waals surface area contributed by atoms with Crippen molar-refractivity contribution in [1.82, 2.24) is 0 Å². The van der Waals surface area contributed by atoms with Gasteiger partial charge in [-0.3, -0.25) is 4.79 Å². The van der Waals surface area contributed by atoms with Crippen molar-refractivity contribution >= 4 is 11.9 Å². The third-order valence-electron chi connectivity index (χ3n) is 2.92. The fourth-order valence-electron chi connectivity index (χ4n) is 1.86. The van der Waals surface area contributed by atoms with Crippen LogP contribution in [0.15, 0.2) is 30.4 Å². The second kappa shape index (κ2) is 8.09. The molecule has 0 aromatic heterocycles. The standard InChI is InChI=1S/C16H20O5/c1-11-5-7-15(19-3)14(9-11)13(10-21-12(2)17)6-8-16(18)20-4/h5-9,13H,10H2,1-4H3/b8-6+. The Morgan fingerprint density at radius 1 is 1.29 bits per heavy atom. The summed E-state index contributed by atoms with van der Waals surface area (Å²) in [5, 5.41) is 0. The molecule has 0 radical (unpaired) electrons. The van der Waals surface area contributed by atoms with Crippen LogP contribution in [0, 0.1) is 6.92 Å². The van der Waals surface area contributed by atoms with Crippen molar-refractivity contribution in [2.75, 3.05) is 20.8 Å². The first kappa shape index (κ1) is 16.8. The molecule has 0 N–H and O–H groups in total. The monoisotopic (exact) mass is 292 g/mol. The van der Waals surface area contributed by atoms with Crippen LogP contribution < -0.4 is 4.74 Å². The highest BCUT2D eigenvalue weighted by Gasteiger charge is 2.16. The van der Waals surface area contributed by atoms with E-state index in [1.807, 2.05) is 25.1 Å². The molecule has 1 atom stereocenters. The van der Waals surface area contributed by atoms with Gasteiger partial charge in [0.25, 0.3) is 0 Å². The molecule has 0 aliphatic rings. The number of carbonyl (C=O) groups excluding carboxylic acids is 2. The lowest BCUT2D eigenvalue weighted by Gasteiger charge is -2.17. The van der Waals surface area contributed by atoms with Crippen molar-refractivity contribution in [3.05, 3.63) is 41.5 Å². The normalized spacial score (nSPS) is 12.0. The highest BCUT2D eigenvalue weighted by Crippen LogP contribution is 2.29. The summed E-state index contributed by atoms with van der Waals surface area (Å²) in [6, 6.07) is 5.71. The van der Waals surface area contributed by atoms with Crippen LogP contribution in [0.4, 0.5) is 0 Å². The van der Waals surface area contributed by atoms with Crippen LogP contribution in [-0.4, -0.2) is 32.8 Å². The lowest BCUT2D eigenvalue weighted by molar-refractivity contribution is -0.141. The van der Waals surface area contributed by atoms with Gasteiger partial charge in [0.2, 0.25) is 0 Å². The minimum absolute atomic E-state index is 0.128. The Bertz CT molecular complexity index is 533. The topological polar surface area (TPSA) is 61.8 Å². The van der Waals surface area contributed by atoms with Gasteiger partial charge in [0.1, 0.15) is 12.4 Å². The van der Waals surface area contributed by atoms with Gasteiger partial charge in [-0.15, -0.1) is 0 Å². The molecule has 0 fully saturated rings. The number of ether oxygens (including phenoxy) is 3. The summed E-state index contributed by atoms with van der Waals surface area (Å²) in [5.74, 6) is -0.456. The predicted octanol–water partition coefficient (Wildman–Crippen LogP) is 2.38. The Labute approximate surface area is 124 Å². The molecule has 0 saturated carbocycles. The molecule has 1 rings (SSSR count). The third kappa shape index (κ3) is 5.30. The molecule has 0 aliphatic carbocycles. The second-order valence-corrected chi connectivity index (χ2v) is 4.54. The molecular formula is C16H20O5. The highest BCUT2D eigenvalue weighted by molar-refractivity contribution is 5.82. The summed E-state index contributed by atoms with van der Waals surface area (Å²) in [5.41, 5.74) is 1.89. The minimum Gasteiger partial charge on any atom is -0.496 e. The summed E-state index contributed by atoms with van der Waals surface area (Å²) < 4.78 is 15.0. The summed E-state index contributed by atoms with van der Waals surface area (Å²) in [7, 11) is 2.88. The summed E-state index contributed by atoms with van der Waals surface area (Å²) >= 11 is 0. The van der Waals surface area contributed by atoms with Crippen molar-refractivity contribution in [3.8, 4) is 5.75 Å². The van der Waals surface area contributed by atoms with Gasteiger partial charge in [-0.05, 0) is 13.0 Å². The zero-order valence-corrected chi connectivity index (χ0v) is 12.7. The first-order chi connectivity index (χ1) is 9.97. The zero-order valence-electron chi connectivity index (χ0n) is 12.7. The number of hydrogen-bond donors (Lipinski definition) is 0. The maximum Gasteiger partial charge on any atom is 0.330 e. The van der Waals surface area contributed by atoms with Crippen LogP contribution in [0.1, 0.15) is 24.0 Å². The van der Waals surface area contributed by atoms with Gasteiger partial charge in [-0.1, -0.05) is 23.8 Å². The second-order valence-electron chi connectivity index (χ2n) is 4.54. The van der Waals surface area contributed by atoms with Gasteiger partial charge in [-0.2, -0.15) is 0 Å². The molecule has 1 unspecified atom stereocenters. The first-order valence-electron chi connectivity index (χ1n) is 6.52. The van der Waals surface area contributed by atoms with Gasteiger partial charge < -0.3 is 14.2 Å². The molecule has 5 nitrogen and oxygen atoms in total. The van der Waals surface area contributed by atoms with E-state index in [1.54, 1.807) is 13.2 Å². The average Bonchev–Trinajstić information content (AvgIpc) is 2.46. The maximum absolute atomic E-state index is 11.3. The van der Waals surface area contributed by atoms with E-state index in [0.29, 0.717) is 5.75 Å². The average molecular weight is 292 g/mol. The van der Waals surface area contributed by atoms with Crippen molar-refractivity contribution < 1.29 is 23.8 Å². The fraction of sp³-hybridized carbons (Fsp3) is 0.375. The molecule has 1 aromatic rings. The van der Waals surface area contributed by atoms with Crippen LogP contribution in [0.5, 0.6) is 5.75 Å². The lowest BCUT2D eigenvalue weighted by Crippen LogP contribution is -2.11. The van der Waals surface area contributed by atoms with Crippen LogP contribution in [0.25, 0.3) is 0 Å². The number of esters is 2. The fourth-order valence-corrected chi connectivity index (χ4v) is 1.86. The molecule has 114 valence electrons. The zero-order chi connectivity index (χ0) is 15.8. The quantitative estimate of drug-likeness (QED) is 0.595. The van der Waals surface area contributed by atoms with Gasteiger partial charge >= 0.3 is 11.9 Å². The lowest BCUT2D eigenvalue weighted by atomic mass is 9.96. The summed E-state index contributed by atoms with van der Waals surface area (Å²) in [4.78, 5) is 22.3. The summed E-state index contributed by atoms with van der Waals surface area (Å²) in [6.45, 7) is 3.42. The SMILES string of the molecule is COC(=O)/C=C/C(COC(C)=O)c1cc(C)ccc1OC. The van der Waals surface area contributed by atoms with Gasteiger partial charge in [0.05, 0.1) is 14.2 Å². The number of rotatable bonds is 6. The smallest absolute Gasteiger partial charge is 0.330 e. The van der Waals surface area contributed by atoms with Gasteiger partial charge in [-0.25, -0.2) is 4.79 Å². The van der Waals surface area contributed by atoms with Crippen LogP contribution in [-0.2, 0) is 19.1 Å². The van der Waals surface area contributed by atoms with Crippen molar-refractivity contribution in [3.63, 3.8) is 0 Å². The van der Waals surface area contributed by atoms with E-state index in [4.69, 9.17) is 9.47 Å². The number of aryl methyl sites for hydroxylation is 1. The predicted molar refractivity (Wildman–Crippen MR) is 78.3 cm³/mol. The molecular weight excluding hydrogens is 272 g/mol. The number of carbonyl (C=O) groups is 2. The summed E-state index contributed by atoms with van der Waals surface area (Å²) in [6.07, 6.45) is 2.96. The molecule has 0 saturated heterocycles. The van der Waals surface area contributed by atoms with Gasteiger partial charge in [0, 0.05) is 24.5 Å². The van der Waals surface area contributed by atoms with Crippen molar-refractivity contribution in [2.45, 2.75) is 19.8 Å². The molecule has 0 heterocycles. The van der Waals surface area contributed by atoms with Crippen molar-refractivity contribution in [1.29, 1.82) is 0 Å². The third-order valence-corrected chi connectivity index (χ3v) is 2.92. The van der Waals surface area contributed by atoms with E-state index in [-0.39, 0.29) is 18.5 Å². The molecule has 0 spiro atoms. The Morgan fingerprint density at radius 2 is 2.00 bits per heavy atom. The van der Waals surface area contributed by atoms with E-state index in [0.717, 1.165) is 11.1 Å². The Balaban J connectivity index is 3.09. The van der Waals surface area contributed by atoms with Crippen LogP contribution in [0.3, 0.4) is 0 Å². The molecule has 0 bridgehead atoms. The first-order valence-corrected chi connectivity index (χ1v) is 6.52. The van der Waals surface area contributed by atoms with Crippen LogP contribution >= 0.6 is 0 Å². The maximum atomic E-state index is 11.3. The molecule has 1 aromatic carbocycles. The van der Waals surface area contributed by atoms with E-state index in [2.05, 4.69) is 4.74 Å². The molecule has 21 heavy (non-hydrogen) atoms. The van der Waals surface area contributed by atoms with Gasteiger partial charge in [0.15, 0.2) is 0 Å². The molecule has 5 heteroatoms. The highest BCUT2D eigenvalue weighted by atomic mass is 16.5. The largest absolute Gasteiger partial charge is 0.496 e. The molecule has 0 aliphatic heterocycles. The number of methoxy groups -OCH3 is 2.